The first-order chi connectivity index (χ1) is 13.1. The van der Waals surface area contributed by atoms with Gasteiger partial charge in [0.25, 0.3) is 0 Å². The van der Waals surface area contributed by atoms with Crippen molar-refractivity contribution in [3.63, 3.8) is 0 Å². The topological polar surface area (TPSA) is 71.0 Å². The van der Waals surface area contributed by atoms with Crippen molar-refractivity contribution in [2.24, 2.45) is 11.0 Å². The molecule has 1 saturated heterocycles. The van der Waals surface area contributed by atoms with Crippen LogP contribution in [0.1, 0.15) is 18.9 Å². The van der Waals surface area contributed by atoms with Crippen molar-refractivity contribution in [2.75, 3.05) is 18.1 Å². The Hall–Kier alpha value is -2.67. The molecule has 7 heteroatoms. The number of nitrogens with one attached hydrogen (secondary N) is 1. The summed E-state index contributed by atoms with van der Waals surface area (Å²) in [6.45, 7) is 2.84. The number of hydrogen-bond donors (Lipinski definition) is 1. The Labute approximate surface area is 166 Å². The van der Waals surface area contributed by atoms with Gasteiger partial charge < -0.3 is 9.64 Å². The standard InChI is InChI=1S/C20H20BrN3O3/c1-2-27-18-8-6-17(7-9-18)24-13-15(11-19(24)25)20(26)23-22-12-14-4-3-5-16(21)10-14/h3-10,12,15H,2,11,13H2,1H3,(H,23,26)/b22-12+. The largest absolute Gasteiger partial charge is 0.494 e. The molecule has 1 N–H and O–H groups in total. The van der Waals surface area contributed by atoms with Gasteiger partial charge in [0.05, 0.1) is 18.7 Å². The summed E-state index contributed by atoms with van der Waals surface area (Å²) in [5.74, 6) is -0.00823. The lowest BCUT2D eigenvalue weighted by Crippen LogP contribution is -2.30. The Morgan fingerprint density at radius 3 is 2.81 bits per heavy atom. The molecule has 2 aromatic carbocycles. The van der Waals surface area contributed by atoms with Gasteiger partial charge in [0.1, 0.15) is 5.75 Å². The molecule has 1 heterocycles. The predicted molar refractivity (Wildman–Crippen MR) is 108 cm³/mol. The Morgan fingerprint density at radius 2 is 2.11 bits per heavy atom. The zero-order valence-corrected chi connectivity index (χ0v) is 16.5. The summed E-state index contributed by atoms with van der Waals surface area (Å²) in [6, 6.07) is 14.9. The van der Waals surface area contributed by atoms with E-state index in [-0.39, 0.29) is 18.2 Å². The number of amides is 2. The second-order valence-corrected chi connectivity index (χ2v) is 7.04. The van der Waals surface area contributed by atoms with Crippen LogP contribution in [0.2, 0.25) is 0 Å². The van der Waals surface area contributed by atoms with E-state index in [0.29, 0.717) is 13.2 Å². The zero-order valence-electron chi connectivity index (χ0n) is 14.9. The van der Waals surface area contributed by atoms with E-state index in [9.17, 15) is 9.59 Å². The number of carbonyl (C=O) groups is 2. The number of nitrogens with zero attached hydrogens (tertiary/aromatic N) is 2. The van der Waals surface area contributed by atoms with Crippen LogP contribution in [0, 0.1) is 5.92 Å². The van der Waals surface area contributed by atoms with Crippen molar-refractivity contribution >= 4 is 39.6 Å². The molecule has 0 aromatic heterocycles. The smallest absolute Gasteiger partial charge is 0.245 e. The van der Waals surface area contributed by atoms with Crippen molar-refractivity contribution in [2.45, 2.75) is 13.3 Å². The highest BCUT2D eigenvalue weighted by Crippen LogP contribution is 2.27. The van der Waals surface area contributed by atoms with E-state index in [2.05, 4.69) is 26.5 Å². The lowest BCUT2D eigenvalue weighted by Gasteiger charge is -2.17. The fourth-order valence-corrected chi connectivity index (χ4v) is 3.29. The molecule has 0 aliphatic carbocycles. The van der Waals surface area contributed by atoms with E-state index < -0.39 is 5.92 Å². The third kappa shape index (κ3) is 4.95. The number of ether oxygens (including phenoxy) is 1. The van der Waals surface area contributed by atoms with Gasteiger partial charge in [0, 0.05) is 23.1 Å². The van der Waals surface area contributed by atoms with E-state index in [1.54, 1.807) is 11.1 Å². The van der Waals surface area contributed by atoms with Crippen LogP contribution in [0.15, 0.2) is 58.1 Å². The van der Waals surface area contributed by atoms with Gasteiger partial charge in [0.2, 0.25) is 11.8 Å². The lowest BCUT2D eigenvalue weighted by atomic mass is 10.1. The first-order valence-corrected chi connectivity index (χ1v) is 9.48. The van der Waals surface area contributed by atoms with E-state index in [4.69, 9.17) is 4.74 Å². The molecule has 6 nitrogen and oxygen atoms in total. The van der Waals surface area contributed by atoms with Crippen LogP contribution in [-0.2, 0) is 9.59 Å². The van der Waals surface area contributed by atoms with Gasteiger partial charge in [-0.3, -0.25) is 9.59 Å². The molecule has 2 amide bonds. The van der Waals surface area contributed by atoms with Gasteiger partial charge >= 0.3 is 0 Å². The number of anilines is 1. The van der Waals surface area contributed by atoms with Crippen LogP contribution in [0.3, 0.4) is 0 Å². The molecule has 0 radical (unpaired) electrons. The van der Waals surface area contributed by atoms with Crippen molar-refractivity contribution in [1.82, 2.24) is 5.43 Å². The number of hydrogen-bond acceptors (Lipinski definition) is 4. The highest BCUT2D eigenvalue weighted by Gasteiger charge is 2.35. The van der Waals surface area contributed by atoms with Crippen molar-refractivity contribution in [3.8, 4) is 5.75 Å². The van der Waals surface area contributed by atoms with Crippen molar-refractivity contribution in [1.29, 1.82) is 0 Å². The molecule has 1 fully saturated rings. The first kappa shape index (κ1) is 19.1. The number of benzene rings is 2. The molecule has 1 aliphatic heterocycles. The van der Waals surface area contributed by atoms with Crippen LogP contribution >= 0.6 is 15.9 Å². The van der Waals surface area contributed by atoms with E-state index in [1.807, 2.05) is 55.5 Å². The van der Waals surface area contributed by atoms with Gasteiger partial charge in [-0.2, -0.15) is 5.10 Å². The predicted octanol–water partition coefficient (Wildman–Crippen LogP) is 3.35. The van der Waals surface area contributed by atoms with Gasteiger partial charge in [-0.25, -0.2) is 5.43 Å². The molecule has 1 unspecified atom stereocenters. The highest BCUT2D eigenvalue weighted by molar-refractivity contribution is 9.10. The van der Waals surface area contributed by atoms with Gasteiger partial charge in [-0.1, -0.05) is 28.1 Å². The second kappa shape index (κ2) is 8.81. The Kier molecular flexibility index (Phi) is 6.24. The maximum Gasteiger partial charge on any atom is 0.245 e. The SMILES string of the molecule is CCOc1ccc(N2CC(C(=O)N/N=C/c3cccc(Br)c3)CC2=O)cc1. The number of halogens is 1. The fourth-order valence-electron chi connectivity index (χ4n) is 2.87. The molecule has 140 valence electrons. The minimum absolute atomic E-state index is 0.0738. The molecule has 27 heavy (non-hydrogen) atoms. The molecule has 3 rings (SSSR count). The summed E-state index contributed by atoms with van der Waals surface area (Å²) in [6.07, 6.45) is 1.75. The monoisotopic (exact) mass is 429 g/mol. The summed E-state index contributed by atoms with van der Waals surface area (Å²) in [5.41, 5.74) is 4.15. The van der Waals surface area contributed by atoms with Gasteiger partial charge in [0.15, 0.2) is 0 Å². The van der Waals surface area contributed by atoms with E-state index >= 15 is 0 Å². The fraction of sp³-hybridized carbons (Fsp3) is 0.250. The number of rotatable bonds is 6. The van der Waals surface area contributed by atoms with Gasteiger partial charge in [-0.15, -0.1) is 0 Å². The number of carbonyl (C=O) groups excluding carboxylic acids is 2. The average Bonchev–Trinajstić information content (AvgIpc) is 3.04. The molecule has 0 saturated carbocycles. The summed E-state index contributed by atoms with van der Waals surface area (Å²) < 4.78 is 6.35. The summed E-state index contributed by atoms with van der Waals surface area (Å²) in [4.78, 5) is 26.3. The lowest BCUT2D eigenvalue weighted by molar-refractivity contribution is -0.126. The van der Waals surface area contributed by atoms with Crippen molar-refractivity contribution < 1.29 is 14.3 Å². The zero-order chi connectivity index (χ0) is 19.2. The third-order valence-electron chi connectivity index (χ3n) is 4.19. The summed E-state index contributed by atoms with van der Waals surface area (Å²) >= 11 is 3.39. The average molecular weight is 430 g/mol. The first-order valence-electron chi connectivity index (χ1n) is 8.68. The van der Waals surface area contributed by atoms with Crippen molar-refractivity contribution in [3.05, 3.63) is 58.6 Å². The third-order valence-corrected chi connectivity index (χ3v) is 4.69. The maximum absolute atomic E-state index is 12.3. The van der Waals surface area contributed by atoms with E-state index in [0.717, 1.165) is 21.5 Å². The molecule has 0 bridgehead atoms. The maximum atomic E-state index is 12.3. The Morgan fingerprint density at radius 1 is 1.33 bits per heavy atom. The molecule has 1 aliphatic rings. The highest BCUT2D eigenvalue weighted by atomic mass is 79.9. The van der Waals surface area contributed by atoms with E-state index in [1.165, 1.54) is 0 Å². The molecule has 1 atom stereocenters. The Bertz CT molecular complexity index is 852. The minimum atomic E-state index is -0.427. The molecule has 0 spiro atoms. The van der Waals surface area contributed by atoms with Crippen LogP contribution in [0.5, 0.6) is 5.75 Å². The summed E-state index contributed by atoms with van der Waals surface area (Å²) in [7, 11) is 0. The van der Waals surface area contributed by atoms with Crippen LogP contribution < -0.4 is 15.1 Å². The van der Waals surface area contributed by atoms with Crippen LogP contribution in [-0.4, -0.2) is 31.2 Å². The van der Waals surface area contributed by atoms with Crippen LogP contribution in [0.25, 0.3) is 0 Å². The molecule has 2 aromatic rings. The van der Waals surface area contributed by atoms with Gasteiger partial charge in [-0.05, 0) is 48.9 Å². The summed E-state index contributed by atoms with van der Waals surface area (Å²) in [5, 5.41) is 3.99. The Balaban J connectivity index is 1.58. The number of hydrazone groups is 1. The van der Waals surface area contributed by atoms with Crippen LogP contribution in [0.4, 0.5) is 5.69 Å². The normalized spacial score (nSPS) is 16.7. The quantitative estimate of drug-likeness (QED) is 0.565. The molecular formula is C20H20BrN3O3. The second-order valence-electron chi connectivity index (χ2n) is 6.12. The minimum Gasteiger partial charge on any atom is -0.494 e. The molecular weight excluding hydrogens is 410 g/mol.